The summed E-state index contributed by atoms with van der Waals surface area (Å²) in [5.41, 5.74) is 5.20. The van der Waals surface area contributed by atoms with E-state index in [1.165, 1.54) is 0 Å². The standard InChI is InChI=1S/C23H17NO2/c25-21(26)15-19-22(16-9-3-1-4-10-16)18-13-7-8-14-20(18)24-23(19)17-11-5-2-6-12-17/h1-14H,15H2,(H,25,26). The summed E-state index contributed by atoms with van der Waals surface area (Å²) in [4.78, 5) is 16.5. The van der Waals surface area contributed by atoms with Crippen molar-refractivity contribution in [1.82, 2.24) is 4.98 Å². The molecule has 0 radical (unpaired) electrons. The van der Waals surface area contributed by atoms with E-state index in [0.717, 1.165) is 38.9 Å². The molecule has 0 aliphatic heterocycles. The summed E-state index contributed by atoms with van der Waals surface area (Å²) in [6.45, 7) is 0. The Balaban J connectivity index is 2.13. The first-order valence-corrected chi connectivity index (χ1v) is 8.48. The first kappa shape index (κ1) is 16.0. The third kappa shape index (κ3) is 2.95. The van der Waals surface area contributed by atoms with E-state index in [1.807, 2.05) is 84.9 Å². The van der Waals surface area contributed by atoms with Gasteiger partial charge >= 0.3 is 5.97 Å². The van der Waals surface area contributed by atoms with E-state index in [9.17, 15) is 9.90 Å². The monoisotopic (exact) mass is 339 g/mol. The normalized spacial score (nSPS) is 10.8. The smallest absolute Gasteiger partial charge is 0.307 e. The maximum absolute atomic E-state index is 11.6. The Morgan fingerprint density at radius 2 is 1.35 bits per heavy atom. The van der Waals surface area contributed by atoms with Crippen molar-refractivity contribution >= 4 is 16.9 Å². The van der Waals surface area contributed by atoms with Gasteiger partial charge in [-0.25, -0.2) is 4.98 Å². The van der Waals surface area contributed by atoms with E-state index in [-0.39, 0.29) is 6.42 Å². The van der Waals surface area contributed by atoms with Crippen molar-refractivity contribution in [3.05, 3.63) is 90.5 Å². The molecular weight excluding hydrogens is 322 g/mol. The molecule has 0 amide bonds. The van der Waals surface area contributed by atoms with Crippen molar-refractivity contribution in [3.63, 3.8) is 0 Å². The summed E-state index contributed by atoms with van der Waals surface area (Å²) in [6, 6.07) is 27.6. The van der Waals surface area contributed by atoms with Crippen LogP contribution in [0.1, 0.15) is 5.56 Å². The zero-order valence-electron chi connectivity index (χ0n) is 14.1. The number of aliphatic carboxylic acids is 1. The number of carboxylic acids is 1. The molecule has 126 valence electrons. The zero-order valence-corrected chi connectivity index (χ0v) is 14.1. The lowest BCUT2D eigenvalue weighted by Crippen LogP contribution is -2.06. The quantitative estimate of drug-likeness (QED) is 0.556. The van der Waals surface area contributed by atoms with Crippen LogP contribution in [-0.4, -0.2) is 16.1 Å². The van der Waals surface area contributed by atoms with Crippen LogP contribution in [0, 0.1) is 0 Å². The zero-order chi connectivity index (χ0) is 17.9. The molecule has 3 nitrogen and oxygen atoms in total. The van der Waals surface area contributed by atoms with E-state index in [0.29, 0.717) is 0 Å². The van der Waals surface area contributed by atoms with Crippen molar-refractivity contribution in [2.24, 2.45) is 0 Å². The average Bonchev–Trinajstić information content (AvgIpc) is 2.68. The first-order valence-electron chi connectivity index (χ1n) is 8.48. The van der Waals surface area contributed by atoms with Gasteiger partial charge in [-0.05, 0) is 22.8 Å². The van der Waals surface area contributed by atoms with E-state index in [2.05, 4.69) is 0 Å². The highest BCUT2D eigenvalue weighted by molar-refractivity contribution is 6.00. The minimum absolute atomic E-state index is 0.0771. The lowest BCUT2D eigenvalue weighted by Gasteiger charge is -2.17. The highest BCUT2D eigenvalue weighted by Crippen LogP contribution is 2.37. The van der Waals surface area contributed by atoms with Crippen LogP contribution in [0.15, 0.2) is 84.9 Å². The van der Waals surface area contributed by atoms with Crippen LogP contribution in [-0.2, 0) is 11.2 Å². The molecule has 3 heteroatoms. The van der Waals surface area contributed by atoms with Gasteiger partial charge in [-0.3, -0.25) is 4.79 Å². The summed E-state index contributed by atoms with van der Waals surface area (Å²) >= 11 is 0. The number of hydrogen-bond donors (Lipinski definition) is 1. The Kier molecular flexibility index (Phi) is 4.20. The number of benzene rings is 3. The Morgan fingerprint density at radius 1 is 0.769 bits per heavy atom. The Morgan fingerprint density at radius 3 is 2.00 bits per heavy atom. The van der Waals surface area contributed by atoms with Gasteiger partial charge in [0.1, 0.15) is 0 Å². The molecule has 1 aromatic heterocycles. The molecular formula is C23H17NO2. The Labute approximate surface area is 151 Å². The number of nitrogens with zero attached hydrogens (tertiary/aromatic N) is 1. The van der Waals surface area contributed by atoms with Crippen LogP contribution < -0.4 is 0 Å². The van der Waals surface area contributed by atoms with Gasteiger partial charge in [0.25, 0.3) is 0 Å². The number of carbonyl (C=O) groups is 1. The number of rotatable bonds is 4. The highest BCUT2D eigenvalue weighted by Gasteiger charge is 2.19. The second kappa shape index (κ2) is 6.81. The van der Waals surface area contributed by atoms with Gasteiger partial charge in [0, 0.05) is 10.9 Å². The fourth-order valence-electron chi connectivity index (χ4n) is 3.34. The fourth-order valence-corrected chi connectivity index (χ4v) is 3.34. The van der Waals surface area contributed by atoms with Crippen LogP contribution in [0.5, 0.6) is 0 Å². The van der Waals surface area contributed by atoms with Crippen molar-refractivity contribution < 1.29 is 9.90 Å². The van der Waals surface area contributed by atoms with E-state index in [4.69, 9.17) is 4.98 Å². The molecule has 1 N–H and O–H groups in total. The molecule has 0 aliphatic carbocycles. The summed E-state index contributed by atoms with van der Waals surface area (Å²) in [7, 11) is 0. The predicted molar refractivity (Wildman–Crippen MR) is 104 cm³/mol. The predicted octanol–water partition coefficient (Wildman–Crippen LogP) is 5.20. The van der Waals surface area contributed by atoms with Gasteiger partial charge in [-0.1, -0.05) is 78.9 Å². The van der Waals surface area contributed by atoms with Crippen molar-refractivity contribution in [2.45, 2.75) is 6.42 Å². The molecule has 0 saturated heterocycles. The summed E-state index contributed by atoms with van der Waals surface area (Å²) in [5.74, 6) is -0.864. The third-order valence-electron chi connectivity index (χ3n) is 4.43. The van der Waals surface area contributed by atoms with E-state index in [1.54, 1.807) is 0 Å². The summed E-state index contributed by atoms with van der Waals surface area (Å²) in [6.07, 6.45) is -0.0771. The number of pyridine rings is 1. The van der Waals surface area contributed by atoms with Crippen molar-refractivity contribution in [1.29, 1.82) is 0 Å². The van der Waals surface area contributed by atoms with Crippen molar-refractivity contribution in [2.75, 3.05) is 0 Å². The number of para-hydroxylation sites is 1. The molecule has 4 rings (SSSR count). The van der Waals surface area contributed by atoms with Gasteiger partial charge in [0.15, 0.2) is 0 Å². The molecule has 0 spiro atoms. The lowest BCUT2D eigenvalue weighted by molar-refractivity contribution is -0.136. The van der Waals surface area contributed by atoms with Crippen molar-refractivity contribution in [3.8, 4) is 22.4 Å². The fraction of sp³-hybridized carbons (Fsp3) is 0.0435. The SMILES string of the molecule is O=C(O)Cc1c(-c2ccccc2)nc2ccccc2c1-c1ccccc1. The number of fused-ring (bicyclic) bond motifs is 1. The average molecular weight is 339 g/mol. The van der Waals surface area contributed by atoms with E-state index >= 15 is 0 Å². The maximum atomic E-state index is 11.6. The number of aromatic nitrogens is 1. The molecule has 0 unspecified atom stereocenters. The van der Waals surface area contributed by atoms with Gasteiger partial charge in [-0.15, -0.1) is 0 Å². The minimum Gasteiger partial charge on any atom is -0.481 e. The Bertz CT molecular complexity index is 1070. The second-order valence-corrected chi connectivity index (χ2v) is 6.13. The largest absolute Gasteiger partial charge is 0.481 e. The van der Waals surface area contributed by atoms with Gasteiger partial charge in [0.2, 0.25) is 0 Å². The minimum atomic E-state index is -0.864. The van der Waals surface area contributed by atoms with E-state index < -0.39 is 5.97 Å². The summed E-state index contributed by atoms with van der Waals surface area (Å²) in [5, 5.41) is 10.5. The lowest BCUT2D eigenvalue weighted by atomic mass is 9.90. The van der Waals surface area contributed by atoms with Gasteiger partial charge < -0.3 is 5.11 Å². The van der Waals surface area contributed by atoms with Crippen LogP contribution in [0.2, 0.25) is 0 Å². The topological polar surface area (TPSA) is 50.2 Å². The van der Waals surface area contributed by atoms with Gasteiger partial charge in [0.05, 0.1) is 17.6 Å². The molecule has 4 aromatic rings. The highest BCUT2D eigenvalue weighted by atomic mass is 16.4. The molecule has 0 fully saturated rings. The van der Waals surface area contributed by atoms with Crippen LogP contribution in [0.4, 0.5) is 0 Å². The number of carboxylic acid groups (broad SMARTS) is 1. The molecule has 0 atom stereocenters. The van der Waals surface area contributed by atoms with Gasteiger partial charge in [-0.2, -0.15) is 0 Å². The van der Waals surface area contributed by atoms with Crippen LogP contribution in [0.3, 0.4) is 0 Å². The molecule has 1 heterocycles. The second-order valence-electron chi connectivity index (χ2n) is 6.13. The Hall–Kier alpha value is -3.46. The number of hydrogen-bond acceptors (Lipinski definition) is 2. The molecule has 26 heavy (non-hydrogen) atoms. The first-order chi connectivity index (χ1) is 12.7. The third-order valence-corrected chi connectivity index (χ3v) is 4.43. The molecule has 3 aromatic carbocycles. The molecule has 0 bridgehead atoms. The molecule has 0 saturated carbocycles. The van der Waals surface area contributed by atoms with Crippen LogP contribution in [0.25, 0.3) is 33.3 Å². The van der Waals surface area contributed by atoms with Crippen LogP contribution >= 0.6 is 0 Å². The molecule has 0 aliphatic rings. The maximum Gasteiger partial charge on any atom is 0.307 e. The summed E-state index contributed by atoms with van der Waals surface area (Å²) < 4.78 is 0.